The van der Waals surface area contributed by atoms with Gasteiger partial charge in [-0.05, 0) is 77.4 Å². The molecule has 0 aliphatic heterocycles. The molecular formula is C27H30F3N3O3. The molecule has 0 saturated carbocycles. The number of nitrogens with zero attached hydrogens (tertiary/aromatic N) is 3. The number of amides is 1. The van der Waals surface area contributed by atoms with Gasteiger partial charge < -0.3 is 9.47 Å². The highest BCUT2D eigenvalue weighted by atomic mass is 19.4. The molecule has 6 nitrogen and oxygen atoms in total. The van der Waals surface area contributed by atoms with Crippen molar-refractivity contribution in [3.05, 3.63) is 70.7 Å². The molecule has 0 fully saturated rings. The number of methoxy groups -OCH3 is 1. The predicted molar refractivity (Wildman–Crippen MR) is 132 cm³/mol. The van der Waals surface area contributed by atoms with Crippen LogP contribution in [0.3, 0.4) is 0 Å². The molecule has 36 heavy (non-hydrogen) atoms. The SMILES string of the molecule is COc1c(C)cnc(COC(=O)N(c2cc(C)cc(-c3cccc(C(F)(F)F)n3)c2)C(C)(C)C)c1C. The van der Waals surface area contributed by atoms with Gasteiger partial charge in [0.2, 0.25) is 0 Å². The molecule has 0 bridgehead atoms. The fourth-order valence-electron chi connectivity index (χ4n) is 3.97. The van der Waals surface area contributed by atoms with Crippen LogP contribution in [0.25, 0.3) is 11.3 Å². The number of rotatable bonds is 5. The average Bonchev–Trinajstić information content (AvgIpc) is 2.77. The van der Waals surface area contributed by atoms with Gasteiger partial charge >= 0.3 is 12.3 Å². The Morgan fingerprint density at radius 1 is 1.06 bits per heavy atom. The first-order valence-corrected chi connectivity index (χ1v) is 11.3. The lowest BCUT2D eigenvalue weighted by molar-refractivity contribution is -0.141. The first kappa shape index (κ1) is 27.0. The van der Waals surface area contributed by atoms with Gasteiger partial charge in [0.1, 0.15) is 18.1 Å². The van der Waals surface area contributed by atoms with Gasteiger partial charge in [-0.1, -0.05) is 6.07 Å². The molecule has 3 aromatic rings. The van der Waals surface area contributed by atoms with Crippen LogP contribution in [0.5, 0.6) is 5.75 Å². The van der Waals surface area contributed by atoms with Crippen molar-refractivity contribution in [1.29, 1.82) is 0 Å². The minimum absolute atomic E-state index is 0.0677. The van der Waals surface area contributed by atoms with Crippen molar-refractivity contribution in [2.24, 2.45) is 0 Å². The Kier molecular flexibility index (Phi) is 7.62. The van der Waals surface area contributed by atoms with E-state index in [1.807, 2.05) is 34.6 Å². The second-order valence-electron chi connectivity index (χ2n) is 9.57. The zero-order chi connectivity index (χ0) is 26.8. The third-order valence-corrected chi connectivity index (χ3v) is 5.59. The molecule has 0 atom stereocenters. The summed E-state index contributed by atoms with van der Waals surface area (Å²) in [7, 11) is 1.57. The van der Waals surface area contributed by atoms with Gasteiger partial charge in [-0.25, -0.2) is 9.78 Å². The lowest BCUT2D eigenvalue weighted by atomic mass is 10.0. The van der Waals surface area contributed by atoms with Crippen LogP contribution in [0.2, 0.25) is 0 Å². The Morgan fingerprint density at radius 3 is 2.36 bits per heavy atom. The molecule has 3 rings (SSSR count). The first-order valence-electron chi connectivity index (χ1n) is 11.3. The number of alkyl halides is 3. The Labute approximate surface area is 209 Å². The van der Waals surface area contributed by atoms with Crippen molar-refractivity contribution in [2.75, 3.05) is 12.0 Å². The highest BCUT2D eigenvalue weighted by Crippen LogP contribution is 2.33. The number of hydrogen-bond acceptors (Lipinski definition) is 5. The molecule has 9 heteroatoms. The number of carbonyl (C=O) groups is 1. The summed E-state index contributed by atoms with van der Waals surface area (Å²) in [5.74, 6) is 0.681. The predicted octanol–water partition coefficient (Wildman–Crippen LogP) is 7.04. The first-order chi connectivity index (χ1) is 16.7. The van der Waals surface area contributed by atoms with Gasteiger partial charge in [0, 0.05) is 34.1 Å². The summed E-state index contributed by atoms with van der Waals surface area (Å²) >= 11 is 0. The Bertz CT molecular complexity index is 1270. The quantitative estimate of drug-likeness (QED) is 0.375. The number of anilines is 1. The van der Waals surface area contributed by atoms with Crippen molar-refractivity contribution < 1.29 is 27.4 Å². The average molecular weight is 502 g/mol. The summed E-state index contributed by atoms with van der Waals surface area (Å²) in [6.45, 7) is 11.0. The zero-order valence-electron chi connectivity index (χ0n) is 21.4. The molecule has 0 spiro atoms. The van der Waals surface area contributed by atoms with Crippen LogP contribution in [-0.2, 0) is 17.5 Å². The maximum atomic E-state index is 13.3. The highest BCUT2D eigenvalue weighted by Gasteiger charge is 2.33. The van der Waals surface area contributed by atoms with Gasteiger partial charge in [-0.3, -0.25) is 9.88 Å². The summed E-state index contributed by atoms with van der Waals surface area (Å²) in [6.07, 6.45) is -3.52. The van der Waals surface area contributed by atoms with Gasteiger partial charge in [0.25, 0.3) is 0 Å². The number of halogens is 3. The normalized spacial score (nSPS) is 11.8. The molecule has 2 aromatic heterocycles. The number of ether oxygens (including phenoxy) is 2. The van der Waals surface area contributed by atoms with Crippen molar-refractivity contribution in [2.45, 2.75) is 59.9 Å². The topological polar surface area (TPSA) is 64.6 Å². The molecule has 0 N–H and O–H groups in total. The number of pyridine rings is 2. The molecular weight excluding hydrogens is 471 g/mol. The molecule has 0 unspecified atom stereocenters. The summed E-state index contributed by atoms with van der Waals surface area (Å²) in [6, 6.07) is 8.89. The lowest BCUT2D eigenvalue weighted by Crippen LogP contribution is -2.46. The van der Waals surface area contributed by atoms with Gasteiger partial charge in [0.15, 0.2) is 0 Å². The van der Waals surface area contributed by atoms with Crippen LogP contribution in [0, 0.1) is 20.8 Å². The second-order valence-corrected chi connectivity index (χ2v) is 9.57. The summed E-state index contributed by atoms with van der Waals surface area (Å²) in [5.41, 5.74) is 2.39. The number of aryl methyl sites for hydroxylation is 2. The van der Waals surface area contributed by atoms with E-state index in [0.29, 0.717) is 22.7 Å². The molecule has 0 saturated heterocycles. The van der Waals surface area contributed by atoms with Crippen LogP contribution in [0.1, 0.15) is 48.8 Å². The minimum atomic E-state index is -4.56. The molecule has 0 aliphatic rings. The van der Waals surface area contributed by atoms with Gasteiger partial charge in [-0.15, -0.1) is 0 Å². The number of hydrogen-bond donors (Lipinski definition) is 0. The van der Waals surface area contributed by atoms with E-state index in [9.17, 15) is 18.0 Å². The fourth-order valence-corrected chi connectivity index (χ4v) is 3.97. The Balaban J connectivity index is 1.96. The van der Waals surface area contributed by atoms with Crippen LogP contribution < -0.4 is 9.64 Å². The van der Waals surface area contributed by atoms with Crippen molar-refractivity contribution in [3.63, 3.8) is 0 Å². The molecule has 192 valence electrons. The standard InChI is InChI=1S/C27H30F3N3O3/c1-16-11-19(21-9-8-10-23(32-21)27(28,29)30)13-20(12-16)33(26(4,5)6)25(34)36-15-22-18(3)24(35-7)17(2)14-31-22/h8-14H,15H2,1-7H3. The molecule has 1 amide bonds. The molecule has 1 aromatic carbocycles. The largest absolute Gasteiger partial charge is 0.496 e. The zero-order valence-corrected chi connectivity index (χ0v) is 21.4. The molecule has 0 radical (unpaired) electrons. The van der Waals surface area contributed by atoms with E-state index in [4.69, 9.17) is 9.47 Å². The lowest BCUT2D eigenvalue weighted by Gasteiger charge is -2.35. The highest BCUT2D eigenvalue weighted by molar-refractivity contribution is 5.90. The van der Waals surface area contributed by atoms with Gasteiger partial charge in [0.05, 0.1) is 18.5 Å². The van der Waals surface area contributed by atoms with Gasteiger partial charge in [-0.2, -0.15) is 13.2 Å². The van der Waals surface area contributed by atoms with E-state index in [-0.39, 0.29) is 12.3 Å². The third-order valence-electron chi connectivity index (χ3n) is 5.59. The third kappa shape index (κ3) is 5.95. The monoisotopic (exact) mass is 501 g/mol. The fraction of sp³-hybridized carbons (Fsp3) is 0.370. The maximum Gasteiger partial charge on any atom is 0.433 e. The van der Waals surface area contributed by atoms with E-state index in [1.165, 1.54) is 17.0 Å². The summed E-state index contributed by atoms with van der Waals surface area (Å²) in [5, 5.41) is 0. The number of aromatic nitrogens is 2. The van der Waals surface area contributed by atoms with E-state index in [2.05, 4.69) is 9.97 Å². The number of carbonyl (C=O) groups excluding carboxylic acids is 1. The summed E-state index contributed by atoms with van der Waals surface area (Å²) < 4.78 is 50.7. The van der Waals surface area contributed by atoms with E-state index < -0.39 is 23.5 Å². The van der Waals surface area contributed by atoms with E-state index in [1.54, 1.807) is 38.4 Å². The van der Waals surface area contributed by atoms with E-state index >= 15 is 0 Å². The second kappa shape index (κ2) is 10.2. The number of benzene rings is 1. The van der Waals surface area contributed by atoms with Crippen molar-refractivity contribution >= 4 is 11.8 Å². The van der Waals surface area contributed by atoms with Crippen molar-refractivity contribution in [3.8, 4) is 17.0 Å². The maximum absolute atomic E-state index is 13.3. The smallest absolute Gasteiger partial charge is 0.433 e. The van der Waals surface area contributed by atoms with E-state index in [0.717, 1.165) is 22.8 Å². The Hall–Kier alpha value is -3.62. The molecule has 2 heterocycles. The van der Waals surface area contributed by atoms with Crippen LogP contribution >= 0.6 is 0 Å². The van der Waals surface area contributed by atoms with Crippen molar-refractivity contribution in [1.82, 2.24) is 9.97 Å². The minimum Gasteiger partial charge on any atom is -0.496 e. The van der Waals surface area contributed by atoms with Crippen LogP contribution in [0.15, 0.2) is 42.6 Å². The summed E-state index contributed by atoms with van der Waals surface area (Å²) in [4.78, 5) is 23.0. The Morgan fingerprint density at radius 2 is 1.75 bits per heavy atom. The van der Waals surface area contributed by atoms with Crippen LogP contribution in [-0.4, -0.2) is 28.7 Å². The van der Waals surface area contributed by atoms with Crippen LogP contribution in [0.4, 0.5) is 23.7 Å². The molecule has 0 aliphatic carbocycles.